The van der Waals surface area contributed by atoms with E-state index in [4.69, 9.17) is 11.6 Å². The van der Waals surface area contributed by atoms with Gasteiger partial charge in [-0.05, 0) is 28.9 Å². The van der Waals surface area contributed by atoms with E-state index >= 15 is 0 Å². The van der Waals surface area contributed by atoms with Crippen molar-refractivity contribution in [2.24, 2.45) is 0 Å². The van der Waals surface area contributed by atoms with Crippen LogP contribution in [-0.2, 0) is 6.42 Å². The van der Waals surface area contributed by atoms with Crippen molar-refractivity contribution < 1.29 is 17.6 Å². The summed E-state index contributed by atoms with van der Waals surface area (Å²) in [6, 6.07) is 1.77. The van der Waals surface area contributed by atoms with E-state index in [-0.39, 0.29) is 10.4 Å². The molecular formula is C13H12BrClF4N2. The van der Waals surface area contributed by atoms with E-state index < -0.39 is 24.5 Å². The van der Waals surface area contributed by atoms with Gasteiger partial charge in [-0.1, -0.05) is 0 Å². The highest BCUT2D eigenvalue weighted by molar-refractivity contribution is 9.10. The van der Waals surface area contributed by atoms with E-state index in [1.807, 2.05) is 0 Å². The van der Waals surface area contributed by atoms with Crippen LogP contribution in [0, 0.1) is 5.82 Å². The molecule has 2 aromatic rings. The summed E-state index contributed by atoms with van der Waals surface area (Å²) in [6.45, 7) is 1.44. The molecule has 0 radical (unpaired) electrons. The first-order valence-electron chi connectivity index (χ1n) is 6.21. The summed E-state index contributed by atoms with van der Waals surface area (Å²) in [5, 5.41) is 0. The molecule has 2 nitrogen and oxygen atoms in total. The maximum absolute atomic E-state index is 13.7. The van der Waals surface area contributed by atoms with Gasteiger partial charge in [-0.2, -0.15) is 13.2 Å². The second kappa shape index (κ2) is 6.12. The fraction of sp³-hybridized carbons (Fsp3) is 0.462. The normalized spacial score (nSPS) is 13.9. The molecule has 1 heterocycles. The molecule has 2 rings (SSSR count). The highest BCUT2D eigenvalue weighted by atomic mass is 79.9. The fourth-order valence-corrected chi connectivity index (χ4v) is 2.82. The molecule has 0 aliphatic rings. The highest BCUT2D eigenvalue weighted by Gasteiger charge is 2.32. The van der Waals surface area contributed by atoms with Crippen molar-refractivity contribution in [1.82, 2.24) is 9.55 Å². The van der Waals surface area contributed by atoms with E-state index in [1.165, 1.54) is 23.6 Å². The number of rotatable bonds is 4. The molecule has 0 fully saturated rings. The molecule has 21 heavy (non-hydrogen) atoms. The predicted octanol–water partition coefficient (Wildman–Crippen LogP) is 5.23. The fourth-order valence-electron chi connectivity index (χ4n) is 2.32. The average Bonchev–Trinajstić information content (AvgIpc) is 2.65. The van der Waals surface area contributed by atoms with E-state index in [2.05, 4.69) is 20.9 Å². The molecule has 0 saturated heterocycles. The third kappa shape index (κ3) is 3.69. The number of imidazole rings is 1. The van der Waals surface area contributed by atoms with E-state index in [9.17, 15) is 17.6 Å². The molecule has 0 N–H and O–H groups in total. The van der Waals surface area contributed by atoms with Crippen molar-refractivity contribution in [2.75, 3.05) is 5.88 Å². The molecule has 0 spiro atoms. The van der Waals surface area contributed by atoms with Crippen LogP contribution in [0.2, 0.25) is 0 Å². The first-order chi connectivity index (χ1) is 9.73. The molecule has 8 heteroatoms. The Morgan fingerprint density at radius 3 is 2.62 bits per heavy atom. The number of aromatic nitrogens is 2. The lowest BCUT2D eigenvalue weighted by Crippen LogP contribution is -2.18. The number of fused-ring (bicyclic) bond motifs is 1. The molecule has 0 bridgehead atoms. The Morgan fingerprint density at radius 1 is 1.38 bits per heavy atom. The van der Waals surface area contributed by atoms with Gasteiger partial charge in [0.15, 0.2) is 0 Å². The second-order valence-corrected chi connectivity index (χ2v) is 5.99. The van der Waals surface area contributed by atoms with Gasteiger partial charge in [-0.3, -0.25) is 0 Å². The molecule has 1 atom stereocenters. The molecule has 0 aliphatic heterocycles. The Hall–Kier alpha value is -0.820. The minimum atomic E-state index is -4.30. The minimum Gasteiger partial charge on any atom is -0.325 e. The minimum absolute atomic E-state index is 0.223. The van der Waals surface area contributed by atoms with E-state index in [0.717, 1.165) is 0 Å². The monoisotopic (exact) mass is 386 g/mol. The summed E-state index contributed by atoms with van der Waals surface area (Å²) >= 11 is 8.72. The molecule has 1 aromatic heterocycles. The van der Waals surface area contributed by atoms with Crippen LogP contribution in [-0.4, -0.2) is 21.6 Å². The Morgan fingerprint density at radius 2 is 2.05 bits per heavy atom. The number of hydrogen-bond donors (Lipinski definition) is 0. The number of alkyl halides is 4. The van der Waals surface area contributed by atoms with Gasteiger partial charge in [-0.25, -0.2) is 9.37 Å². The molecule has 1 unspecified atom stereocenters. The third-order valence-corrected chi connectivity index (χ3v) is 3.89. The number of halogens is 6. The van der Waals surface area contributed by atoms with Crippen molar-refractivity contribution >= 4 is 38.6 Å². The Bertz CT molecular complexity index is 654. The Kier molecular flexibility index (Phi) is 4.82. The van der Waals surface area contributed by atoms with Crippen molar-refractivity contribution in [3.8, 4) is 0 Å². The van der Waals surface area contributed by atoms with Crippen LogP contribution < -0.4 is 0 Å². The van der Waals surface area contributed by atoms with Gasteiger partial charge in [0.2, 0.25) is 0 Å². The molecule has 0 saturated carbocycles. The highest BCUT2D eigenvalue weighted by Crippen LogP contribution is 2.32. The summed E-state index contributed by atoms with van der Waals surface area (Å²) in [6.07, 6.45) is -4.99. The van der Waals surface area contributed by atoms with Crippen LogP contribution in [0.4, 0.5) is 17.6 Å². The second-order valence-electron chi connectivity index (χ2n) is 4.76. The van der Waals surface area contributed by atoms with Gasteiger partial charge in [0.25, 0.3) is 0 Å². The van der Waals surface area contributed by atoms with Crippen molar-refractivity contribution in [3.63, 3.8) is 0 Å². The van der Waals surface area contributed by atoms with Crippen molar-refractivity contribution in [3.05, 3.63) is 28.2 Å². The van der Waals surface area contributed by atoms with Crippen molar-refractivity contribution in [2.45, 2.75) is 32.0 Å². The quantitative estimate of drug-likeness (QED) is 0.519. The van der Waals surface area contributed by atoms with Crippen LogP contribution in [0.25, 0.3) is 11.0 Å². The standard InChI is InChI=1S/C13H12BrClF4N2/c1-7(6-13(17,18)19)21-11-5-9(16)8(14)4-10(11)20-12(21)2-3-15/h4-5,7H,2-3,6H2,1H3. The summed E-state index contributed by atoms with van der Waals surface area (Å²) in [5.41, 5.74) is 0.782. The zero-order valence-corrected chi connectivity index (χ0v) is 13.4. The lowest BCUT2D eigenvalue weighted by Gasteiger charge is -2.19. The number of benzene rings is 1. The zero-order valence-electron chi connectivity index (χ0n) is 11.0. The molecule has 0 aliphatic carbocycles. The largest absolute Gasteiger partial charge is 0.391 e. The van der Waals surface area contributed by atoms with Crippen molar-refractivity contribution in [1.29, 1.82) is 0 Å². The number of aryl methyl sites for hydroxylation is 1. The molecule has 0 amide bonds. The van der Waals surface area contributed by atoms with Gasteiger partial charge in [-0.15, -0.1) is 11.6 Å². The Balaban J connectivity index is 2.57. The van der Waals surface area contributed by atoms with Crippen LogP contribution in [0.1, 0.15) is 25.2 Å². The van der Waals surface area contributed by atoms with Gasteiger partial charge >= 0.3 is 6.18 Å². The van der Waals surface area contributed by atoms with Crippen LogP contribution >= 0.6 is 27.5 Å². The maximum atomic E-state index is 13.7. The lowest BCUT2D eigenvalue weighted by atomic mass is 10.2. The predicted molar refractivity (Wildman–Crippen MR) is 77.2 cm³/mol. The zero-order chi connectivity index (χ0) is 15.8. The first-order valence-corrected chi connectivity index (χ1v) is 7.54. The van der Waals surface area contributed by atoms with Crippen LogP contribution in [0.3, 0.4) is 0 Å². The number of hydrogen-bond acceptors (Lipinski definition) is 1. The average molecular weight is 388 g/mol. The van der Waals surface area contributed by atoms with E-state index in [0.29, 0.717) is 23.3 Å². The summed E-state index contributed by atoms with van der Waals surface area (Å²) in [4.78, 5) is 4.27. The Labute approximate surface area is 132 Å². The smallest absolute Gasteiger partial charge is 0.325 e. The summed E-state index contributed by atoms with van der Waals surface area (Å²) < 4.78 is 53.2. The number of nitrogens with zero attached hydrogens (tertiary/aromatic N) is 2. The molecular weight excluding hydrogens is 376 g/mol. The third-order valence-electron chi connectivity index (χ3n) is 3.09. The summed E-state index contributed by atoms with van der Waals surface area (Å²) in [5.74, 6) is 0.112. The molecule has 1 aromatic carbocycles. The van der Waals surface area contributed by atoms with Crippen LogP contribution in [0.15, 0.2) is 16.6 Å². The van der Waals surface area contributed by atoms with Gasteiger partial charge in [0, 0.05) is 24.4 Å². The maximum Gasteiger partial charge on any atom is 0.391 e. The van der Waals surface area contributed by atoms with Gasteiger partial charge < -0.3 is 4.57 Å². The van der Waals surface area contributed by atoms with Crippen LogP contribution in [0.5, 0.6) is 0 Å². The lowest BCUT2D eigenvalue weighted by molar-refractivity contribution is -0.141. The first kappa shape index (κ1) is 16.5. The van der Waals surface area contributed by atoms with Gasteiger partial charge in [0.05, 0.1) is 21.9 Å². The summed E-state index contributed by atoms with van der Waals surface area (Å²) in [7, 11) is 0. The molecule has 116 valence electrons. The van der Waals surface area contributed by atoms with E-state index in [1.54, 1.807) is 0 Å². The SMILES string of the molecule is CC(CC(F)(F)F)n1c(CCCl)nc2cc(Br)c(F)cc21. The topological polar surface area (TPSA) is 17.8 Å². The van der Waals surface area contributed by atoms with Gasteiger partial charge in [0.1, 0.15) is 11.6 Å².